The van der Waals surface area contributed by atoms with E-state index in [4.69, 9.17) is 20.5 Å². The number of nitroso groups, excluding NO2 is 1. The Balaban J connectivity index is 0.00000443. The van der Waals surface area contributed by atoms with Gasteiger partial charge >= 0.3 is 27.0 Å². The van der Waals surface area contributed by atoms with Gasteiger partial charge < -0.3 is 10.2 Å². The Morgan fingerprint density at radius 1 is 0.545 bits per heavy atom. The third-order valence-electron chi connectivity index (χ3n) is 8.13. The zero-order valence-corrected chi connectivity index (χ0v) is 32.3. The first kappa shape index (κ1) is 41.9. The fraction of sp³-hybridized carbons (Fsp3) is 0.611. The summed E-state index contributed by atoms with van der Waals surface area (Å²) in [5, 5.41) is 27.0. The molecule has 8 heteroatoms. The molecule has 2 rings (SSSR count). The van der Waals surface area contributed by atoms with Crippen molar-refractivity contribution in [3.8, 4) is 11.5 Å². The number of hydrogen-bond acceptors (Lipinski definition) is 5. The van der Waals surface area contributed by atoms with Crippen LogP contribution in [-0.4, -0.2) is 23.5 Å². The molecule has 0 aromatic heterocycles. The van der Waals surface area contributed by atoms with E-state index in [2.05, 4.69) is 105 Å². The molecule has 2 aromatic rings. The van der Waals surface area contributed by atoms with Gasteiger partial charge in [-0.15, -0.1) is 4.91 Å². The average Bonchev–Trinajstić information content (AvgIpc) is 2.87. The molecule has 0 saturated carbocycles. The Bertz CT molecular complexity index is 1220. The van der Waals surface area contributed by atoms with E-state index in [-0.39, 0.29) is 33.2 Å². The van der Waals surface area contributed by atoms with E-state index in [1.165, 1.54) is 0 Å². The molecule has 0 atom stereocenters. The van der Waals surface area contributed by atoms with Crippen LogP contribution in [0.1, 0.15) is 144 Å². The summed E-state index contributed by atoms with van der Waals surface area (Å²) in [5.41, 5.74) is 8.74. The van der Waals surface area contributed by atoms with E-state index in [0.717, 1.165) is 22.3 Å². The minimum absolute atomic E-state index is 0.0195. The van der Waals surface area contributed by atoms with Crippen molar-refractivity contribution in [2.45, 2.75) is 144 Å². The fourth-order valence-electron chi connectivity index (χ4n) is 4.25. The second kappa shape index (κ2) is 15.0. The molecular formula is C36H54ClN3O3Ru. The van der Waals surface area contributed by atoms with Crippen LogP contribution < -0.4 is 15.8 Å². The monoisotopic (exact) mass is 713 g/mol. The van der Waals surface area contributed by atoms with E-state index >= 15 is 0 Å². The summed E-state index contributed by atoms with van der Waals surface area (Å²) in [4.78, 5) is 17.1. The maximum Gasteiger partial charge on any atom is 0.120 e. The Morgan fingerprint density at radius 3 is 1.00 bits per heavy atom. The molecule has 0 saturated heterocycles. The summed E-state index contributed by atoms with van der Waals surface area (Å²) < 4.78 is 0. The first-order valence-electron chi connectivity index (χ1n) is 14.8. The van der Waals surface area contributed by atoms with E-state index in [1.807, 2.05) is 57.1 Å². The van der Waals surface area contributed by atoms with Gasteiger partial charge in [0, 0.05) is 12.4 Å². The summed E-state index contributed by atoms with van der Waals surface area (Å²) in [6.07, 6.45) is 3.45. The van der Waals surface area contributed by atoms with Crippen molar-refractivity contribution in [2.24, 2.45) is 9.98 Å². The fourth-order valence-corrected chi connectivity index (χ4v) is 4.25. The summed E-state index contributed by atoms with van der Waals surface area (Å²) in [6, 6.07) is 8.06. The zero-order valence-electron chi connectivity index (χ0n) is 29.8. The van der Waals surface area contributed by atoms with Gasteiger partial charge in [0.25, 0.3) is 0 Å². The Labute approximate surface area is 281 Å². The second-order valence-electron chi connectivity index (χ2n) is 16.5. The van der Waals surface area contributed by atoms with Crippen LogP contribution in [0.2, 0.25) is 0 Å². The maximum atomic E-state index is 13.5. The maximum absolute atomic E-state index is 13.5. The van der Waals surface area contributed by atoms with Crippen molar-refractivity contribution in [3.63, 3.8) is 0 Å². The first-order valence-corrected chi connectivity index (χ1v) is 17.1. The molecule has 44 heavy (non-hydrogen) atoms. The second-order valence-corrected chi connectivity index (χ2v) is 16.5. The molecule has 0 spiro atoms. The first-order chi connectivity index (χ1) is 19.7. The number of halogens is 1. The van der Waals surface area contributed by atoms with Gasteiger partial charge in [-0.1, -0.05) is 119 Å². The van der Waals surface area contributed by atoms with E-state index in [0.29, 0.717) is 11.1 Å². The smallest absolute Gasteiger partial charge is 0.120 e. The molecule has 0 aliphatic heterocycles. The largest absolute Gasteiger partial charge is 0.120 e. The van der Waals surface area contributed by atoms with Gasteiger partial charge in [0.05, 0.1) is 11.1 Å². The minimum atomic E-state index is -0.646. The van der Waals surface area contributed by atoms with E-state index in [1.54, 1.807) is 12.4 Å². The van der Waals surface area contributed by atoms with Crippen molar-refractivity contribution in [1.82, 2.24) is 5.59 Å². The van der Waals surface area contributed by atoms with Crippen LogP contribution in [0.25, 0.3) is 0 Å². The van der Waals surface area contributed by atoms with Crippen LogP contribution in [0, 0.1) is 4.91 Å². The van der Waals surface area contributed by atoms with Gasteiger partial charge in [0.1, 0.15) is 5.59 Å². The third-order valence-corrected chi connectivity index (χ3v) is 8.13. The molecule has 246 valence electrons. The average molecular weight is 713 g/mol. The van der Waals surface area contributed by atoms with Crippen LogP contribution in [0.5, 0.6) is 11.5 Å². The standard InChI is InChI=1S/C36H56N2O2.ClH.NO.Ru/c1-31(2,3)25-17-23(29(39)27(19-25)33(7,8)9)21-37-35(13,14)36(15,16)38-22-24-18-26(32(4,5)6)20-28(30(24)40)34(10,11)12;;1-2;/h17-22,39-40H,1-16H3;1H;;/q;;;+3/p-3. The molecule has 0 aliphatic rings. The van der Waals surface area contributed by atoms with Gasteiger partial charge in [-0.2, -0.15) is 0 Å². The Morgan fingerprint density at radius 2 is 0.795 bits per heavy atom. The van der Waals surface area contributed by atoms with Gasteiger partial charge in [0.15, 0.2) is 0 Å². The molecular weight excluding hydrogens is 659 g/mol. The Hall–Kier alpha value is -2.11. The van der Waals surface area contributed by atoms with Crippen molar-refractivity contribution < 1.29 is 27.5 Å². The van der Waals surface area contributed by atoms with Crippen molar-refractivity contribution >= 4 is 22.1 Å². The number of rotatable bonds is 5. The van der Waals surface area contributed by atoms with Gasteiger partial charge in [-0.25, -0.2) is 0 Å². The molecule has 0 bridgehead atoms. The topological polar surface area (TPSA) is 110 Å². The third kappa shape index (κ3) is 10.8. The summed E-state index contributed by atoms with van der Waals surface area (Å²) in [7, 11) is 4.57. The summed E-state index contributed by atoms with van der Waals surface area (Å²) >= 11 is 1.82. The number of benzene rings is 2. The SMILES string of the molecule is CC(C)(C)c1cc(C=NC(C)(C)C(C)(C)N=Cc2cc(C(C)(C)C)cc(C(C)(C)C)c2[O-])c([O-])c(C(C)(C)C)c1.[Cl][Ru+2].[N]=O. The molecule has 0 aliphatic carbocycles. The van der Waals surface area contributed by atoms with E-state index in [9.17, 15) is 10.2 Å². The predicted octanol–water partition coefficient (Wildman–Crippen LogP) is 8.36. The number of aliphatic imine (C=N–C) groups is 2. The summed E-state index contributed by atoms with van der Waals surface area (Å²) in [6.45, 7) is 33.5. The normalized spacial score (nSPS) is 13.4. The van der Waals surface area contributed by atoms with Gasteiger partial charge in [0.2, 0.25) is 0 Å². The molecule has 0 fully saturated rings. The van der Waals surface area contributed by atoms with Crippen LogP contribution >= 0.6 is 9.69 Å². The summed E-state index contributed by atoms with van der Waals surface area (Å²) in [5.74, 6) is 0.0390. The van der Waals surface area contributed by atoms with Crippen molar-refractivity contribution in [3.05, 3.63) is 62.6 Å². The van der Waals surface area contributed by atoms with Crippen molar-refractivity contribution in [1.29, 1.82) is 0 Å². The minimum Gasteiger partial charge on any atom is -0.120 e. The number of hydrogen-bond donors (Lipinski definition) is 0. The molecule has 6 nitrogen and oxygen atoms in total. The van der Waals surface area contributed by atoms with Crippen molar-refractivity contribution in [2.75, 3.05) is 0 Å². The predicted molar refractivity (Wildman–Crippen MR) is 181 cm³/mol. The van der Waals surface area contributed by atoms with E-state index < -0.39 is 11.1 Å². The van der Waals surface area contributed by atoms with Gasteiger partial charge in [-0.05, 0) is 82.7 Å². The van der Waals surface area contributed by atoms with Crippen LogP contribution in [-0.2, 0) is 39.0 Å². The molecule has 0 N–H and O–H groups in total. The van der Waals surface area contributed by atoms with Crippen LogP contribution in [0.4, 0.5) is 0 Å². The molecule has 0 unspecified atom stereocenters. The zero-order chi connectivity index (χ0) is 35.3. The molecule has 2 aromatic carbocycles. The quantitative estimate of drug-likeness (QED) is 0.230. The molecule has 0 amide bonds. The van der Waals surface area contributed by atoms with Crippen LogP contribution in [0.3, 0.4) is 0 Å². The van der Waals surface area contributed by atoms with Gasteiger partial charge in [-0.3, -0.25) is 9.98 Å². The van der Waals surface area contributed by atoms with Crippen LogP contribution in [0.15, 0.2) is 34.3 Å². The number of nitrogens with zero attached hydrogens (tertiary/aromatic N) is 3. The molecule has 0 heterocycles. The Kier molecular flexibility index (Phi) is 14.3. The molecule has 1 radical (unpaired) electrons.